The molecule has 21 heavy (non-hydrogen) atoms. The molecular weight excluding hydrogens is 284 g/mol. The van der Waals surface area contributed by atoms with E-state index in [2.05, 4.69) is 16.8 Å². The first-order chi connectivity index (χ1) is 10.3. The number of thiophene rings is 1. The molecule has 0 bridgehead atoms. The zero-order valence-electron chi connectivity index (χ0n) is 12.2. The predicted octanol–water partition coefficient (Wildman–Crippen LogP) is 2.80. The molecule has 4 nitrogen and oxygen atoms in total. The lowest BCUT2D eigenvalue weighted by atomic mass is 10.0. The Balaban J connectivity index is 1.33. The first-order valence-electron chi connectivity index (χ1n) is 8.02. The molecule has 1 saturated carbocycles. The molecule has 5 heteroatoms. The number of hydrogen-bond donors (Lipinski definition) is 1. The van der Waals surface area contributed by atoms with Crippen molar-refractivity contribution in [3.05, 3.63) is 21.9 Å². The summed E-state index contributed by atoms with van der Waals surface area (Å²) in [6, 6.07) is 2.23. The lowest BCUT2D eigenvalue weighted by Gasteiger charge is -2.25. The van der Waals surface area contributed by atoms with E-state index in [1.165, 1.54) is 29.7 Å². The summed E-state index contributed by atoms with van der Waals surface area (Å²) in [4.78, 5) is 15.8. The molecule has 1 aliphatic carbocycles. The largest absolute Gasteiger partial charge is 0.371 e. The Labute approximate surface area is 129 Å². The summed E-state index contributed by atoms with van der Waals surface area (Å²) in [5.74, 6) is 1.51. The second-order valence-electron chi connectivity index (χ2n) is 6.45. The van der Waals surface area contributed by atoms with Gasteiger partial charge in [0.2, 0.25) is 0 Å². The molecule has 1 aromatic rings. The molecule has 0 aromatic carbocycles. The summed E-state index contributed by atoms with van der Waals surface area (Å²) in [6.07, 6.45) is 5.00. The van der Waals surface area contributed by atoms with Gasteiger partial charge in [0.25, 0.3) is 0 Å². The van der Waals surface area contributed by atoms with E-state index in [-0.39, 0.29) is 12.1 Å². The number of nitrogens with one attached hydrogen (secondary N) is 1. The van der Waals surface area contributed by atoms with Gasteiger partial charge in [-0.05, 0) is 41.7 Å². The summed E-state index contributed by atoms with van der Waals surface area (Å²) >= 11 is 1.80. The molecule has 1 saturated heterocycles. The average molecular weight is 306 g/mol. The maximum atomic E-state index is 12.3. The van der Waals surface area contributed by atoms with E-state index in [1.807, 2.05) is 4.90 Å². The van der Waals surface area contributed by atoms with Gasteiger partial charge in [-0.15, -0.1) is 11.3 Å². The zero-order valence-corrected chi connectivity index (χ0v) is 13.0. The lowest BCUT2D eigenvalue weighted by Crippen LogP contribution is -2.41. The second kappa shape index (κ2) is 5.61. The van der Waals surface area contributed by atoms with Gasteiger partial charge in [-0.2, -0.15) is 0 Å². The predicted molar refractivity (Wildman–Crippen MR) is 82.5 cm³/mol. The van der Waals surface area contributed by atoms with Crippen molar-refractivity contribution in [1.29, 1.82) is 0 Å². The van der Waals surface area contributed by atoms with Gasteiger partial charge in [0.1, 0.15) is 6.10 Å². The molecule has 2 amide bonds. The number of nitrogens with zero attached hydrogens (tertiary/aromatic N) is 1. The van der Waals surface area contributed by atoms with Crippen LogP contribution in [0, 0.1) is 11.8 Å². The highest BCUT2D eigenvalue weighted by atomic mass is 32.1. The second-order valence-corrected chi connectivity index (χ2v) is 7.45. The molecule has 4 rings (SSSR count). The van der Waals surface area contributed by atoms with Crippen molar-refractivity contribution in [3.8, 4) is 0 Å². The quantitative estimate of drug-likeness (QED) is 0.913. The number of carbonyl (C=O) groups excluding carboxylic acids is 1. The van der Waals surface area contributed by atoms with Crippen molar-refractivity contribution in [3.63, 3.8) is 0 Å². The molecule has 3 aliphatic rings. The van der Waals surface area contributed by atoms with Gasteiger partial charge < -0.3 is 15.0 Å². The van der Waals surface area contributed by atoms with E-state index in [0.717, 1.165) is 38.0 Å². The van der Waals surface area contributed by atoms with E-state index in [4.69, 9.17) is 4.74 Å². The Kier molecular flexibility index (Phi) is 3.63. The van der Waals surface area contributed by atoms with E-state index in [0.29, 0.717) is 6.54 Å². The highest BCUT2D eigenvalue weighted by molar-refractivity contribution is 7.10. The zero-order chi connectivity index (χ0) is 14.2. The molecule has 0 radical (unpaired) electrons. The van der Waals surface area contributed by atoms with Gasteiger partial charge in [0, 0.05) is 30.9 Å². The third-order valence-electron chi connectivity index (χ3n) is 5.23. The molecule has 1 aromatic heterocycles. The third kappa shape index (κ3) is 2.57. The minimum atomic E-state index is 0.0334. The van der Waals surface area contributed by atoms with Crippen LogP contribution in [0.15, 0.2) is 11.4 Å². The molecule has 0 spiro atoms. The van der Waals surface area contributed by atoms with Gasteiger partial charge in [-0.1, -0.05) is 6.42 Å². The van der Waals surface area contributed by atoms with Crippen molar-refractivity contribution >= 4 is 17.4 Å². The number of ether oxygens (including phenoxy) is 1. The van der Waals surface area contributed by atoms with E-state index >= 15 is 0 Å². The third-order valence-corrected chi connectivity index (χ3v) is 6.22. The Morgan fingerprint density at radius 1 is 1.38 bits per heavy atom. The van der Waals surface area contributed by atoms with Crippen LogP contribution in [0.2, 0.25) is 0 Å². The molecule has 3 heterocycles. The molecule has 2 fully saturated rings. The number of rotatable bonds is 2. The first kappa shape index (κ1) is 13.6. The van der Waals surface area contributed by atoms with Gasteiger partial charge in [0.05, 0.1) is 6.61 Å². The first-order valence-corrected chi connectivity index (χ1v) is 8.90. The Hall–Kier alpha value is -1.07. The smallest absolute Gasteiger partial charge is 0.317 e. The van der Waals surface area contributed by atoms with E-state index in [9.17, 15) is 4.79 Å². The van der Waals surface area contributed by atoms with Gasteiger partial charge >= 0.3 is 6.03 Å². The van der Waals surface area contributed by atoms with Crippen LogP contribution >= 0.6 is 11.3 Å². The molecule has 2 aliphatic heterocycles. The average Bonchev–Trinajstić information content (AvgIpc) is 3.18. The van der Waals surface area contributed by atoms with Crippen molar-refractivity contribution < 1.29 is 9.53 Å². The van der Waals surface area contributed by atoms with E-state index in [1.54, 1.807) is 11.3 Å². The standard InChI is InChI=1S/C16H22N2O2S/c19-16(18-9-11-2-1-3-12(11)10-18)17-8-14-13-5-7-21-15(13)4-6-20-14/h5,7,11-12,14H,1-4,6,8-10H2,(H,17,19)/t11-,12-,14-/m0/s1. The summed E-state index contributed by atoms with van der Waals surface area (Å²) in [5.41, 5.74) is 1.27. The summed E-state index contributed by atoms with van der Waals surface area (Å²) in [6.45, 7) is 3.26. The number of likely N-dealkylation sites (tertiary alicyclic amines) is 1. The molecule has 3 atom stereocenters. The fourth-order valence-corrected chi connectivity index (χ4v) is 5.00. The molecular formula is C16H22N2O2S. The fourth-order valence-electron chi connectivity index (χ4n) is 4.09. The summed E-state index contributed by atoms with van der Waals surface area (Å²) in [7, 11) is 0. The Bertz CT molecular complexity index is 518. The van der Waals surface area contributed by atoms with Crippen molar-refractivity contribution in [2.75, 3.05) is 26.2 Å². The number of hydrogen-bond acceptors (Lipinski definition) is 3. The SMILES string of the molecule is O=C(NC[C@@H]1OCCc2sccc21)N1C[C@@H]2CCC[C@H]2C1. The Morgan fingerprint density at radius 2 is 2.19 bits per heavy atom. The number of fused-ring (bicyclic) bond motifs is 2. The minimum absolute atomic E-state index is 0.0334. The van der Waals surface area contributed by atoms with Crippen LogP contribution in [-0.4, -0.2) is 37.2 Å². The number of amides is 2. The van der Waals surface area contributed by atoms with E-state index < -0.39 is 0 Å². The maximum Gasteiger partial charge on any atom is 0.317 e. The van der Waals surface area contributed by atoms with Crippen LogP contribution in [0.1, 0.15) is 35.8 Å². The summed E-state index contributed by atoms with van der Waals surface area (Å²) < 4.78 is 5.82. The fraction of sp³-hybridized carbons (Fsp3) is 0.688. The lowest BCUT2D eigenvalue weighted by molar-refractivity contribution is 0.0445. The van der Waals surface area contributed by atoms with Crippen LogP contribution in [0.4, 0.5) is 4.79 Å². The van der Waals surface area contributed by atoms with Crippen LogP contribution < -0.4 is 5.32 Å². The van der Waals surface area contributed by atoms with Crippen molar-refractivity contribution in [2.45, 2.75) is 31.8 Å². The van der Waals surface area contributed by atoms with Crippen molar-refractivity contribution in [1.82, 2.24) is 10.2 Å². The van der Waals surface area contributed by atoms with Gasteiger partial charge in [-0.25, -0.2) is 4.79 Å². The van der Waals surface area contributed by atoms with Crippen LogP contribution in [0.3, 0.4) is 0 Å². The monoisotopic (exact) mass is 306 g/mol. The topological polar surface area (TPSA) is 41.6 Å². The number of carbonyl (C=O) groups is 1. The van der Waals surface area contributed by atoms with Crippen LogP contribution in [0.25, 0.3) is 0 Å². The maximum absolute atomic E-state index is 12.3. The van der Waals surface area contributed by atoms with Gasteiger partial charge in [0.15, 0.2) is 0 Å². The van der Waals surface area contributed by atoms with Crippen molar-refractivity contribution in [2.24, 2.45) is 11.8 Å². The number of urea groups is 1. The highest BCUT2D eigenvalue weighted by Crippen LogP contribution is 2.37. The van der Waals surface area contributed by atoms with Crippen LogP contribution in [-0.2, 0) is 11.2 Å². The molecule has 0 unspecified atom stereocenters. The minimum Gasteiger partial charge on any atom is -0.371 e. The normalized spacial score (nSPS) is 31.0. The molecule has 1 N–H and O–H groups in total. The Morgan fingerprint density at radius 3 is 3.00 bits per heavy atom. The molecule has 114 valence electrons. The summed E-state index contributed by atoms with van der Waals surface area (Å²) in [5, 5.41) is 5.20. The van der Waals surface area contributed by atoms with Crippen LogP contribution in [0.5, 0.6) is 0 Å². The van der Waals surface area contributed by atoms with Gasteiger partial charge in [-0.3, -0.25) is 0 Å². The highest BCUT2D eigenvalue weighted by Gasteiger charge is 2.38.